The summed E-state index contributed by atoms with van der Waals surface area (Å²) >= 11 is 0. The van der Waals surface area contributed by atoms with Crippen molar-refractivity contribution in [3.05, 3.63) is 23.8 Å². The monoisotopic (exact) mass is 294 g/mol. The van der Waals surface area contributed by atoms with E-state index in [1.807, 2.05) is 0 Å². The van der Waals surface area contributed by atoms with Gasteiger partial charge in [-0.2, -0.15) is 16.8 Å². The molecular formula is C9H10O7S2. The van der Waals surface area contributed by atoms with Crippen molar-refractivity contribution in [1.82, 2.24) is 0 Å². The lowest BCUT2D eigenvalue weighted by atomic mass is 10.2. The van der Waals surface area contributed by atoms with Crippen LogP contribution in [0.2, 0.25) is 0 Å². The Balaban J connectivity index is 3.52. The van der Waals surface area contributed by atoms with Crippen molar-refractivity contribution < 1.29 is 30.0 Å². The number of rotatable bonds is 5. The molecule has 1 aromatic carbocycles. The molecule has 0 unspecified atom stereocenters. The zero-order chi connectivity index (χ0) is 14.0. The first-order valence-corrected chi connectivity index (χ1v) is 7.30. The second-order valence-electron chi connectivity index (χ2n) is 3.06. The van der Waals surface area contributed by atoms with Crippen molar-refractivity contribution >= 4 is 26.5 Å². The molecule has 100 valence electrons. The van der Waals surface area contributed by atoms with E-state index in [0.717, 1.165) is 32.4 Å². The molecule has 0 amide bonds. The normalized spacial score (nSPS) is 12.3. The molecule has 0 saturated heterocycles. The maximum atomic E-state index is 11.4. The van der Waals surface area contributed by atoms with Crippen LogP contribution in [0.4, 0.5) is 0 Å². The SMILES string of the molecule is COS(=O)(=O)c1ccc(S(=O)(=O)OC)c(C=O)c1. The van der Waals surface area contributed by atoms with Crippen molar-refractivity contribution in [2.45, 2.75) is 9.79 Å². The van der Waals surface area contributed by atoms with E-state index in [2.05, 4.69) is 8.37 Å². The fraction of sp³-hybridized carbons (Fsp3) is 0.222. The molecule has 0 aromatic heterocycles. The predicted octanol–water partition coefficient (Wildman–Crippen LogP) is 0.169. The molecule has 0 fully saturated rings. The lowest BCUT2D eigenvalue weighted by Crippen LogP contribution is -2.09. The molecular weight excluding hydrogens is 284 g/mol. The van der Waals surface area contributed by atoms with E-state index in [0.29, 0.717) is 0 Å². The summed E-state index contributed by atoms with van der Waals surface area (Å²) in [6, 6.07) is 2.88. The van der Waals surface area contributed by atoms with Crippen LogP contribution in [0.25, 0.3) is 0 Å². The van der Waals surface area contributed by atoms with Crippen molar-refractivity contribution in [2.24, 2.45) is 0 Å². The summed E-state index contributed by atoms with van der Waals surface area (Å²) in [4.78, 5) is 10.1. The fourth-order valence-corrected chi connectivity index (χ4v) is 2.70. The Labute approximate surface area is 105 Å². The molecule has 18 heavy (non-hydrogen) atoms. The van der Waals surface area contributed by atoms with Crippen molar-refractivity contribution in [3.63, 3.8) is 0 Å². The van der Waals surface area contributed by atoms with Gasteiger partial charge in [-0.05, 0) is 18.2 Å². The van der Waals surface area contributed by atoms with E-state index < -0.39 is 25.1 Å². The van der Waals surface area contributed by atoms with Gasteiger partial charge in [-0.3, -0.25) is 13.2 Å². The highest BCUT2D eigenvalue weighted by Gasteiger charge is 2.21. The van der Waals surface area contributed by atoms with Gasteiger partial charge >= 0.3 is 0 Å². The van der Waals surface area contributed by atoms with Gasteiger partial charge < -0.3 is 0 Å². The first-order valence-electron chi connectivity index (χ1n) is 4.49. The number of carbonyl (C=O) groups is 1. The van der Waals surface area contributed by atoms with E-state index in [1.54, 1.807) is 0 Å². The standard InChI is InChI=1S/C9H10O7S2/c1-15-17(11,12)8-3-4-9(7(5-8)6-10)18(13,14)16-2/h3-6H,1-2H3. The van der Waals surface area contributed by atoms with E-state index >= 15 is 0 Å². The molecule has 0 N–H and O–H groups in total. The lowest BCUT2D eigenvalue weighted by molar-refractivity contribution is 0.112. The highest BCUT2D eigenvalue weighted by Crippen LogP contribution is 2.21. The number of hydrogen-bond acceptors (Lipinski definition) is 7. The fourth-order valence-electron chi connectivity index (χ4n) is 1.19. The second-order valence-corrected chi connectivity index (χ2v) is 6.45. The van der Waals surface area contributed by atoms with Crippen LogP contribution in [-0.4, -0.2) is 37.3 Å². The average Bonchev–Trinajstić information content (AvgIpc) is 2.37. The Morgan fingerprint density at radius 2 is 1.56 bits per heavy atom. The number of hydrogen-bond donors (Lipinski definition) is 0. The van der Waals surface area contributed by atoms with Gasteiger partial charge in [0, 0.05) is 5.56 Å². The zero-order valence-electron chi connectivity index (χ0n) is 9.48. The van der Waals surface area contributed by atoms with Crippen LogP contribution in [0.5, 0.6) is 0 Å². The Bertz CT molecular complexity index is 658. The Morgan fingerprint density at radius 3 is 2.00 bits per heavy atom. The molecule has 9 heteroatoms. The van der Waals surface area contributed by atoms with Crippen LogP contribution < -0.4 is 0 Å². The number of aldehydes is 1. The van der Waals surface area contributed by atoms with Crippen LogP contribution in [-0.2, 0) is 28.6 Å². The topological polar surface area (TPSA) is 104 Å². The summed E-state index contributed by atoms with van der Waals surface area (Å²) < 4.78 is 54.2. The van der Waals surface area contributed by atoms with Crippen molar-refractivity contribution in [1.29, 1.82) is 0 Å². The number of carbonyl (C=O) groups excluding carboxylic acids is 1. The van der Waals surface area contributed by atoms with Gasteiger partial charge in [0.15, 0.2) is 6.29 Å². The average molecular weight is 294 g/mol. The van der Waals surface area contributed by atoms with E-state index in [-0.39, 0.29) is 16.7 Å². The Hall–Kier alpha value is -1.29. The molecule has 0 heterocycles. The van der Waals surface area contributed by atoms with Crippen LogP contribution in [0, 0.1) is 0 Å². The van der Waals surface area contributed by atoms with Crippen LogP contribution >= 0.6 is 0 Å². The highest BCUT2D eigenvalue weighted by atomic mass is 32.2. The summed E-state index contributed by atoms with van der Waals surface area (Å²) in [5.74, 6) is 0. The third kappa shape index (κ3) is 2.75. The second kappa shape index (κ2) is 5.14. The van der Waals surface area contributed by atoms with Gasteiger partial charge in [0.1, 0.15) is 4.90 Å². The van der Waals surface area contributed by atoms with Gasteiger partial charge in [0.25, 0.3) is 20.2 Å². The Morgan fingerprint density at radius 1 is 1.00 bits per heavy atom. The molecule has 0 saturated carbocycles. The lowest BCUT2D eigenvalue weighted by Gasteiger charge is -2.07. The third-order valence-electron chi connectivity index (χ3n) is 2.11. The minimum Gasteiger partial charge on any atom is -0.298 e. The Kier molecular flexibility index (Phi) is 4.22. The summed E-state index contributed by atoms with van der Waals surface area (Å²) in [6.45, 7) is 0. The van der Waals surface area contributed by atoms with Gasteiger partial charge in [-0.25, -0.2) is 0 Å². The first-order chi connectivity index (χ1) is 8.28. The van der Waals surface area contributed by atoms with Crippen molar-refractivity contribution in [3.8, 4) is 0 Å². The van der Waals surface area contributed by atoms with Crippen LogP contribution in [0.1, 0.15) is 10.4 Å². The van der Waals surface area contributed by atoms with Crippen molar-refractivity contribution in [2.75, 3.05) is 14.2 Å². The van der Waals surface area contributed by atoms with E-state index in [9.17, 15) is 21.6 Å². The molecule has 1 rings (SSSR count). The smallest absolute Gasteiger partial charge is 0.297 e. The maximum absolute atomic E-state index is 11.4. The summed E-state index contributed by atoms with van der Waals surface area (Å²) in [5, 5.41) is 0. The molecule has 0 aliphatic rings. The van der Waals surface area contributed by atoms with Crippen LogP contribution in [0.3, 0.4) is 0 Å². The summed E-state index contributed by atoms with van der Waals surface area (Å²) in [7, 11) is -6.18. The predicted molar refractivity (Wildman–Crippen MR) is 60.2 cm³/mol. The molecule has 0 spiro atoms. The quantitative estimate of drug-likeness (QED) is 0.563. The van der Waals surface area contributed by atoms with Crippen LogP contribution in [0.15, 0.2) is 28.0 Å². The summed E-state index contributed by atoms with van der Waals surface area (Å²) in [5.41, 5.74) is -0.324. The zero-order valence-corrected chi connectivity index (χ0v) is 11.1. The van der Waals surface area contributed by atoms with Gasteiger partial charge in [0.05, 0.1) is 19.1 Å². The minimum atomic E-state index is -4.08. The van der Waals surface area contributed by atoms with E-state index in [1.165, 1.54) is 0 Å². The molecule has 0 atom stereocenters. The maximum Gasteiger partial charge on any atom is 0.297 e. The third-order valence-corrected chi connectivity index (χ3v) is 4.72. The van der Waals surface area contributed by atoms with Gasteiger partial charge in [-0.1, -0.05) is 0 Å². The first kappa shape index (κ1) is 14.8. The molecule has 0 radical (unpaired) electrons. The minimum absolute atomic E-state index is 0.223. The molecule has 0 aliphatic heterocycles. The van der Waals surface area contributed by atoms with Gasteiger partial charge in [-0.15, -0.1) is 0 Å². The van der Waals surface area contributed by atoms with E-state index in [4.69, 9.17) is 0 Å². The molecule has 7 nitrogen and oxygen atoms in total. The van der Waals surface area contributed by atoms with Gasteiger partial charge in [0.2, 0.25) is 0 Å². The largest absolute Gasteiger partial charge is 0.298 e. The molecule has 0 aliphatic carbocycles. The molecule has 0 bridgehead atoms. The number of benzene rings is 1. The molecule has 1 aromatic rings. The highest BCUT2D eigenvalue weighted by molar-refractivity contribution is 7.87. The summed E-state index contributed by atoms with van der Waals surface area (Å²) in [6.07, 6.45) is 0.223.